The molecule has 1 aromatic rings. The Bertz CT molecular complexity index is 403. The Balaban J connectivity index is 2.49. The van der Waals surface area contributed by atoms with E-state index in [1.165, 1.54) is 5.56 Å². The third-order valence-corrected chi connectivity index (χ3v) is 3.31. The first-order chi connectivity index (χ1) is 9.56. The summed E-state index contributed by atoms with van der Waals surface area (Å²) >= 11 is 0. The van der Waals surface area contributed by atoms with E-state index in [9.17, 15) is 4.79 Å². The molecule has 0 spiro atoms. The molecule has 3 N–H and O–H groups in total. The van der Waals surface area contributed by atoms with Crippen LogP contribution in [-0.4, -0.2) is 24.6 Å². The van der Waals surface area contributed by atoms with Crippen molar-refractivity contribution in [1.82, 2.24) is 5.32 Å². The molecule has 0 saturated carbocycles. The van der Waals surface area contributed by atoms with Gasteiger partial charge in [-0.15, -0.1) is 0 Å². The highest BCUT2D eigenvalue weighted by molar-refractivity contribution is 5.79. The van der Waals surface area contributed by atoms with Crippen LogP contribution in [0.2, 0.25) is 0 Å². The summed E-state index contributed by atoms with van der Waals surface area (Å²) < 4.78 is 5.56. The van der Waals surface area contributed by atoms with E-state index in [1.807, 2.05) is 31.2 Å². The van der Waals surface area contributed by atoms with Crippen molar-refractivity contribution >= 4 is 5.91 Å². The largest absolute Gasteiger partial charge is 0.481 e. The van der Waals surface area contributed by atoms with Gasteiger partial charge in [-0.05, 0) is 50.4 Å². The molecule has 2 atom stereocenters. The maximum Gasteiger partial charge on any atom is 0.258 e. The van der Waals surface area contributed by atoms with Crippen molar-refractivity contribution in [2.24, 2.45) is 5.73 Å². The fraction of sp³-hybridized carbons (Fsp3) is 0.562. The summed E-state index contributed by atoms with van der Waals surface area (Å²) in [5.74, 6) is 0.273. The number of ether oxygens (including phenoxy) is 1. The molecule has 0 aliphatic heterocycles. The number of carbonyl (C=O) groups excluding carboxylic acids is 1. The first kappa shape index (κ1) is 16.5. The molecule has 0 aromatic heterocycles. The molecule has 0 bridgehead atoms. The highest BCUT2D eigenvalue weighted by Crippen LogP contribution is 2.16. The van der Waals surface area contributed by atoms with E-state index in [4.69, 9.17) is 10.5 Å². The van der Waals surface area contributed by atoms with Crippen molar-refractivity contribution in [3.05, 3.63) is 29.8 Å². The molecule has 0 heterocycles. The summed E-state index contributed by atoms with van der Waals surface area (Å²) in [6.45, 7) is 7.19. The number of nitrogens with two attached hydrogens (primary N) is 1. The summed E-state index contributed by atoms with van der Waals surface area (Å²) in [7, 11) is 0. The zero-order chi connectivity index (χ0) is 15.0. The molecule has 0 radical (unpaired) electrons. The smallest absolute Gasteiger partial charge is 0.258 e. The maximum atomic E-state index is 11.1. The summed E-state index contributed by atoms with van der Waals surface area (Å²) in [5, 5.41) is 3.40. The molecule has 1 aromatic carbocycles. The molecule has 0 saturated heterocycles. The quantitative estimate of drug-likeness (QED) is 0.728. The molecule has 112 valence electrons. The second-order valence-electron chi connectivity index (χ2n) is 5.06. The van der Waals surface area contributed by atoms with Crippen molar-refractivity contribution < 1.29 is 9.53 Å². The lowest BCUT2D eigenvalue weighted by molar-refractivity contribution is -0.124. The Morgan fingerprint density at radius 2 is 1.95 bits per heavy atom. The first-order valence-electron chi connectivity index (χ1n) is 7.35. The van der Waals surface area contributed by atoms with E-state index in [-0.39, 0.29) is 0 Å². The van der Waals surface area contributed by atoms with E-state index in [0.717, 1.165) is 19.4 Å². The number of benzene rings is 1. The number of amides is 1. The molecular formula is C16H26N2O2. The fourth-order valence-corrected chi connectivity index (χ4v) is 2.08. The Morgan fingerprint density at radius 1 is 1.30 bits per heavy atom. The molecule has 1 rings (SSSR count). The van der Waals surface area contributed by atoms with E-state index >= 15 is 0 Å². The van der Waals surface area contributed by atoms with Gasteiger partial charge in [-0.25, -0.2) is 0 Å². The lowest BCUT2D eigenvalue weighted by Gasteiger charge is -2.15. The van der Waals surface area contributed by atoms with Crippen LogP contribution in [0.3, 0.4) is 0 Å². The zero-order valence-corrected chi connectivity index (χ0v) is 12.7. The van der Waals surface area contributed by atoms with Crippen LogP contribution in [0.1, 0.15) is 39.2 Å². The number of nitrogens with one attached hydrogen (secondary N) is 1. The van der Waals surface area contributed by atoms with Crippen molar-refractivity contribution in [2.45, 2.75) is 52.2 Å². The predicted octanol–water partition coefficient (Wildman–Crippen LogP) is 2.26. The van der Waals surface area contributed by atoms with Crippen LogP contribution in [0.5, 0.6) is 5.75 Å². The Kier molecular flexibility index (Phi) is 7.09. The van der Waals surface area contributed by atoms with Crippen LogP contribution in [0.25, 0.3) is 0 Å². The van der Waals surface area contributed by atoms with E-state index in [2.05, 4.69) is 19.2 Å². The van der Waals surface area contributed by atoms with Gasteiger partial charge in [0.1, 0.15) is 5.75 Å². The van der Waals surface area contributed by atoms with Crippen molar-refractivity contribution in [2.75, 3.05) is 6.54 Å². The van der Waals surface area contributed by atoms with Gasteiger partial charge in [-0.2, -0.15) is 0 Å². The van der Waals surface area contributed by atoms with Gasteiger partial charge >= 0.3 is 0 Å². The van der Waals surface area contributed by atoms with Crippen LogP contribution < -0.4 is 15.8 Å². The van der Waals surface area contributed by atoms with Crippen LogP contribution in [0.15, 0.2) is 24.3 Å². The van der Waals surface area contributed by atoms with Gasteiger partial charge in [0.05, 0.1) is 0 Å². The van der Waals surface area contributed by atoms with E-state index < -0.39 is 12.0 Å². The Labute approximate surface area is 121 Å². The zero-order valence-electron chi connectivity index (χ0n) is 12.7. The summed E-state index contributed by atoms with van der Waals surface area (Å²) in [5.41, 5.74) is 6.54. The minimum Gasteiger partial charge on any atom is -0.481 e. The molecular weight excluding hydrogens is 252 g/mol. The number of hydrogen-bond donors (Lipinski definition) is 2. The molecule has 0 aliphatic carbocycles. The molecule has 0 fully saturated rings. The second kappa shape index (κ2) is 8.59. The van der Waals surface area contributed by atoms with Gasteiger partial charge in [-0.1, -0.05) is 26.0 Å². The Hall–Kier alpha value is -1.55. The third kappa shape index (κ3) is 5.61. The number of hydrogen-bond acceptors (Lipinski definition) is 3. The highest BCUT2D eigenvalue weighted by Gasteiger charge is 2.14. The lowest BCUT2D eigenvalue weighted by atomic mass is 10.1. The van der Waals surface area contributed by atoms with Crippen LogP contribution in [-0.2, 0) is 11.2 Å². The number of primary amides is 1. The van der Waals surface area contributed by atoms with Gasteiger partial charge < -0.3 is 15.8 Å². The topological polar surface area (TPSA) is 64.3 Å². The molecule has 20 heavy (non-hydrogen) atoms. The number of rotatable bonds is 9. The molecule has 0 aliphatic rings. The van der Waals surface area contributed by atoms with Crippen molar-refractivity contribution in [3.8, 4) is 5.75 Å². The van der Waals surface area contributed by atoms with Gasteiger partial charge in [0, 0.05) is 6.04 Å². The van der Waals surface area contributed by atoms with Crippen LogP contribution in [0.4, 0.5) is 0 Å². The average Bonchev–Trinajstić information content (AvgIpc) is 2.43. The molecule has 4 nitrogen and oxygen atoms in total. The molecule has 1 amide bonds. The first-order valence-corrected chi connectivity index (χ1v) is 7.35. The third-order valence-electron chi connectivity index (χ3n) is 3.31. The summed E-state index contributed by atoms with van der Waals surface area (Å²) in [6, 6.07) is 8.41. The number of carbonyl (C=O) groups is 1. The van der Waals surface area contributed by atoms with Crippen LogP contribution in [0, 0.1) is 0 Å². The van der Waals surface area contributed by atoms with Crippen molar-refractivity contribution in [1.29, 1.82) is 0 Å². The van der Waals surface area contributed by atoms with Crippen molar-refractivity contribution in [3.63, 3.8) is 0 Å². The molecule has 2 unspecified atom stereocenters. The Morgan fingerprint density at radius 3 is 2.45 bits per heavy atom. The molecule has 4 heteroatoms. The monoisotopic (exact) mass is 278 g/mol. The standard InChI is InChI=1S/C16H26N2O2/c1-4-15(16(17)19)20-14-10-8-13(9-11-14)7-6-12(3)18-5-2/h8-12,15,18H,4-7H2,1-3H3,(H2,17,19). The normalized spacial score (nSPS) is 13.8. The SMILES string of the molecule is CCNC(C)CCc1ccc(OC(CC)C(N)=O)cc1. The van der Waals surface area contributed by atoms with E-state index in [1.54, 1.807) is 0 Å². The van der Waals surface area contributed by atoms with Gasteiger partial charge in [0.2, 0.25) is 0 Å². The minimum atomic E-state index is -0.547. The van der Waals surface area contributed by atoms with Gasteiger partial charge in [0.25, 0.3) is 5.91 Å². The second-order valence-corrected chi connectivity index (χ2v) is 5.06. The maximum absolute atomic E-state index is 11.1. The van der Waals surface area contributed by atoms with E-state index in [0.29, 0.717) is 18.2 Å². The average molecular weight is 278 g/mol. The van der Waals surface area contributed by atoms with Gasteiger partial charge in [0.15, 0.2) is 6.10 Å². The summed E-state index contributed by atoms with van der Waals surface area (Å²) in [6.07, 6.45) is 2.17. The highest BCUT2D eigenvalue weighted by atomic mass is 16.5. The fourth-order valence-electron chi connectivity index (χ4n) is 2.08. The minimum absolute atomic E-state index is 0.420. The van der Waals surface area contributed by atoms with Crippen LogP contribution >= 0.6 is 0 Å². The van der Waals surface area contributed by atoms with Gasteiger partial charge in [-0.3, -0.25) is 4.79 Å². The summed E-state index contributed by atoms with van der Waals surface area (Å²) in [4.78, 5) is 11.1. The number of aryl methyl sites for hydroxylation is 1. The predicted molar refractivity (Wildman–Crippen MR) is 81.8 cm³/mol. The lowest BCUT2D eigenvalue weighted by Crippen LogP contribution is -2.32.